The molecule has 0 radical (unpaired) electrons. The molecule has 1 N–H and O–H groups in total. The average Bonchev–Trinajstić information content (AvgIpc) is 3.19. The molecule has 0 saturated carbocycles. The number of benzene rings is 2. The molecule has 26 heavy (non-hydrogen) atoms. The Morgan fingerprint density at radius 3 is 2.96 bits per heavy atom. The summed E-state index contributed by atoms with van der Waals surface area (Å²) in [6, 6.07) is 12.2. The van der Waals surface area contributed by atoms with E-state index in [0.717, 1.165) is 5.56 Å². The molecule has 0 unspecified atom stereocenters. The van der Waals surface area contributed by atoms with Crippen LogP contribution in [0.1, 0.15) is 5.56 Å². The van der Waals surface area contributed by atoms with Gasteiger partial charge in [-0.25, -0.2) is 4.98 Å². The second kappa shape index (κ2) is 6.45. The van der Waals surface area contributed by atoms with Crippen molar-refractivity contribution in [2.45, 2.75) is 6.54 Å². The first-order chi connectivity index (χ1) is 12.7. The molecule has 0 amide bonds. The fourth-order valence-corrected chi connectivity index (χ4v) is 2.65. The number of nitrogens with zero attached hydrogens (tertiary/aromatic N) is 6. The van der Waals surface area contributed by atoms with Crippen LogP contribution in [0.25, 0.3) is 22.3 Å². The summed E-state index contributed by atoms with van der Waals surface area (Å²) in [5.41, 5.74) is 1.88. The first kappa shape index (κ1) is 15.5. The molecule has 2 heterocycles. The zero-order valence-electron chi connectivity index (χ0n) is 13.3. The highest BCUT2D eigenvalue weighted by molar-refractivity contribution is 5.82. The maximum atomic E-state index is 12.8. The van der Waals surface area contributed by atoms with Crippen LogP contribution in [0, 0.1) is 11.5 Å². The Kier molecular flexibility index (Phi) is 3.83. The second-order valence-electron chi connectivity index (χ2n) is 5.49. The lowest BCUT2D eigenvalue weighted by molar-refractivity contribution is 0.506. The van der Waals surface area contributed by atoms with E-state index >= 15 is 0 Å². The van der Waals surface area contributed by atoms with Crippen LogP contribution < -0.4 is 10.3 Å². The van der Waals surface area contributed by atoms with E-state index in [1.54, 1.807) is 42.7 Å². The molecule has 9 heteroatoms. The van der Waals surface area contributed by atoms with Crippen LogP contribution in [0.2, 0.25) is 0 Å². The van der Waals surface area contributed by atoms with E-state index in [1.165, 1.54) is 10.9 Å². The highest BCUT2D eigenvalue weighted by Crippen LogP contribution is 2.18. The summed E-state index contributed by atoms with van der Waals surface area (Å²) in [6.07, 6.45) is 3.13. The van der Waals surface area contributed by atoms with Gasteiger partial charge in [0.15, 0.2) is 0 Å². The van der Waals surface area contributed by atoms with E-state index in [2.05, 4.69) is 25.6 Å². The molecule has 4 rings (SSSR count). The Balaban J connectivity index is 1.74. The topological polar surface area (TPSA) is 122 Å². The van der Waals surface area contributed by atoms with Gasteiger partial charge in [0, 0.05) is 5.56 Å². The van der Waals surface area contributed by atoms with Crippen LogP contribution in [0.15, 0.2) is 53.6 Å². The fraction of sp³-hybridized carbons (Fsp3) is 0.0588. The zero-order valence-corrected chi connectivity index (χ0v) is 13.3. The molecule has 0 fully saturated rings. The fourth-order valence-electron chi connectivity index (χ4n) is 2.65. The van der Waals surface area contributed by atoms with Gasteiger partial charge in [-0.2, -0.15) is 5.21 Å². The minimum Gasteiger partial charge on any atom is -0.388 e. The van der Waals surface area contributed by atoms with Gasteiger partial charge in [-0.3, -0.25) is 9.36 Å². The molecule has 0 saturated heterocycles. The average molecular weight is 345 g/mol. The smallest absolute Gasteiger partial charge is 0.292 e. The molecule has 2 aromatic carbocycles. The van der Waals surface area contributed by atoms with Gasteiger partial charge in [-0.15, -0.1) is 15.5 Å². The molecule has 0 atom stereocenters. The Labute approximate surface area is 146 Å². The van der Waals surface area contributed by atoms with E-state index in [-0.39, 0.29) is 5.56 Å². The number of H-pyrrole nitrogens is 1. The molecular formula is C17H11N7O2. The van der Waals surface area contributed by atoms with Gasteiger partial charge in [0.1, 0.15) is 5.75 Å². The van der Waals surface area contributed by atoms with Crippen LogP contribution in [0.4, 0.5) is 0 Å². The number of hydrogen-bond acceptors (Lipinski definition) is 7. The lowest BCUT2D eigenvalue weighted by Gasteiger charge is -2.08. The van der Waals surface area contributed by atoms with E-state index in [4.69, 9.17) is 10.00 Å². The SMILES string of the molecule is N#COc1cccc(Cn2cnc3ccc(-c4nn[nH]n4)cc3c2=O)c1. The third kappa shape index (κ3) is 2.87. The summed E-state index contributed by atoms with van der Waals surface area (Å²) in [7, 11) is 0. The predicted molar refractivity (Wildman–Crippen MR) is 91.0 cm³/mol. The van der Waals surface area contributed by atoms with Gasteiger partial charge in [0.2, 0.25) is 5.82 Å². The van der Waals surface area contributed by atoms with Crippen molar-refractivity contribution in [1.29, 1.82) is 5.26 Å². The van der Waals surface area contributed by atoms with E-state index < -0.39 is 0 Å². The lowest BCUT2D eigenvalue weighted by Crippen LogP contribution is -2.21. The summed E-state index contributed by atoms with van der Waals surface area (Å²) in [5.74, 6) is 0.828. The van der Waals surface area contributed by atoms with Gasteiger partial charge in [-0.05, 0) is 41.1 Å². The van der Waals surface area contributed by atoms with E-state index in [0.29, 0.717) is 34.6 Å². The zero-order chi connectivity index (χ0) is 17.9. The molecular weight excluding hydrogens is 334 g/mol. The highest BCUT2D eigenvalue weighted by Gasteiger charge is 2.09. The number of fused-ring (bicyclic) bond motifs is 1. The highest BCUT2D eigenvalue weighted by atomic mass is 16.5. The van der Waals surface area contributed by atoms with Crippen molar-refractivity contribution in [2.24, 2.45) is 0 Å². The predicted octanol–water partition coefficient (Wildman–Crippen LogP) is 1.48. The monoisotopic (exact) mass is 345 g/mol. The maximum Gasteiger partial charge on any atom is 0.292 e. The molecule has 0 bridgehead atoms. The lowest BCUT2D eigenvalue weighted by atomic mass is 10.1. The summed E-state index contributed by atoms with van der Waals surface area (Å²) >= 11 is 0. The van der Waals surface area contributed by atoms with Crippen molar-refractivity contribution in [3.05, 3.63) is 64.7 Å². The first-order valence-corrected chi connectivity index (χ1v) is 7.62. The third-order valence-electron chi connectivity index (χ3n) is 3.84. The molecule has 0 spiro atoms. The first-order valence-electron chi connectivity index (χ1n) is 7.62. The maximum absolute atomic E-state index is 12.8. The minimum atomic E-state index is -0.188. The number of tetrazole rings is 1. The van der Waals surface area contributed by atoms with Gasteiger partial charge in [0.05, 0.1) is 23.8 Å². The number of nitrogens with one attached hydrogen (secondary N) is 1. The minimum absolute atomic E-state index is 0.188. The van der Waals surface area contributed by atoms with Gasteiger partial charge < -0.3 is 4.74 Å². The largest absolute Gasteiger partial charge is 0.388 e. The van der Waals surface area contributed by atoms with Gasteiger partial charge in [-0.1, -0.05) is 12.1 Å². The van der Waals surface area contributed by atoms with Crippen LogP contribution in [-0.2, 0) is 6.54 Å². The van der Waals surface area contributed by atoms with Gasteiger partial charge in [0.25, 0.3) is 11.8 Å². The molecule has 126 valence electrons. The summed E-state index contributed by atoms with van der Waals surface area (Å²) < 4.78 is 6.32. The normalized spacial score (nSPS) is 10.6. The van der Waals surface area contributed by atoms with Crippen molar-refractivity contribution in [3.8, 4) is 23.4 Å². The van der Waals surface area contributed by atoms with Crippen molar-refractivity contribution in [1.82, 2.24) is 30.2 Å². The molecule has 9 nitrogen and oxygen atoms in total. The summed E-state index contributed by atoms with van der Waals surface area (Å²) in [5, 5.41) is 22.8. The van der Waals surface area contributed by atoms with Crippen molar-refractivity contribution in [3.63, 3.8) is 0 Å². The number of aromatic nitrogens is 6. The molecule has 4 aromatic rings. The second-order valence-corrected chi connectivity index (χ2v) is 5.49. The van der Waals surface area contributed by atoms with Crippen LogP contribution in [0.3, 0.4) is 0 Å². The Morgan fingerprint density at radius 2 is 2.15 bits per heavy atom. The molecule has 0 aliphatic carbocycles. The van der Waals surface area contributed by atoms with Crippen LogP contribution in [-0.4, -0.2) is 30.2 Å². The number of hydrogen-bond donors (Lipinski definition) is 1. The number of ether oxygens (including phenoxy) is 1. The summed E-state index contributed by atoms with van der Waals surface area (Å²) in [4.78, 5) is 17.2. The van der Waals surface area contributed by atoms with Crippen LogP contribution >= 0.6 is 0 Å². The quantitative estimate of drug-likeness (QED) is 0.556. The number of rotatable bonds is 4. The van der Waals surface area contributed by atoms with Crippen molar-refractivity contribution >= 4 is 10.9 Å². The summed E-state index contributed by atoms with van der Waals surface area (Å²) in [6.45, 7) is 0.302. The Hall–Kier alpha value is -4.06. The van der Waals surface area contributed by atoms with Crippen molar-refractivity contribution < 1.29 is 4.74 Å². The molecule has 2 aromatic heterocycles. The Morgan fingerprint density at radius 1 is 1.23 bits per heavy atom. The van der Waals surface area contributed by atoms with E-state index in [9.17, 15) is 4.79 Å². The molecule has 0 aliphatic heterocycles. The standard InChI is InChI=1S/C17H11N7O2/c18-9-26-13-3-1-2-11(6-13)8-24-10-19-15-5-4-12(7-14(15)17(24)25)16-20-22-23-21-16/h1-7,10H,8H2,(H,20,21,22,23). The van der Waals surface area contributed by atoms with Crippen molar-refractivity contribution in [2.75, 3.05) is 0 Å². The van der Waals surface area contributed by atoms with E-state index in [1.807, 2.05) is 6.07 Å². The van der Waals surface area contributed by atoms with Crippen LogP contribution in [0.5, 0.6) is 5.75 Å². The third-order valence-corrected chi connectivity index (χ3v) is 3.84. The van der Waals surface area contributed by atoms with Gasteiger partial charge >= 0.3 is 0 Å². The Bertz CT molecular complexity index is 1180. The molecule has 0 aliphatic rings. The number of aromatic amines is 1. The number of nitriles is 1.